The van der Waals surface area contributed by atoms with E-state index in [1.807, 2.05) is 67.6 Å². The van der Waals surface area contributed by atoms with E-state index in [4.69, 9.17) is 23.2 Å². The fourth-order valence-corrected chi connectivity index (χ4v) is 5.23. The minimum atomic E-state index is -0.638. The maximum atomic E-state index is 13.9. The van der Waals surface area contributed by atoms with Gasteiger partial charge in [0.05, 0.1) is 16.5 Å². The third-order valence-electron chi connectivity index (χ3n) is 7.04. The van der Waals surface area contributed by atoms with Gasteiger partial charge < -0.3 is 10.2 Å². The molecule has 194 valence electrons. The first kappa shape index (κ1) is 27.2. The Labute approximate surface area is 230 Å². The van der Waals surface area contributed by atoms with Crippen molar-refractivity contribution in [2.24, 2.45) is 0 Å². The molecule has 37 heavy (non-hydrogen) atoms. The molecule has 0 aliphatic heterocycles. The molecule has 4 rings (SSSR count). The van der Waals surface area contributed by atoms with Gasteiger partial charge in [-0.3, -0.25) is 9.59 Å². The van der Waals surface area contributed by atoms with Gasteiger partial charge in [0.25, 0.3) is 0 Å². The van der Waals surface area contributed by atoms with Gasteiger partial charge >= 0.3 is 0 Å². The number of nitrogens with one attached hydrogen (secondary N) is 1. The second kappa shape index (κ2) is 13.1. The summed E-state index contributed by atoms with van der Waals surface area (Å²) in [6.45, 7) is 2.38. The molecule has 1 N–H and O–H groups in total. The first-order valence-electron chi connectivity index (χ1n) is 13.0. The van der Waals surface area contributed by atoms with E-state index in [1.54, 1.807) is 17.0 Å². The van der Waals surface area contributed by atoms with Crippen molar-refractivity contribution in [3.05, 3.63) is 105 Å². The SMILES string of the molecule is Cc1ccc(CN(C(=O)Cc2ccc(Cl)c(Cl)c2)C(Cc2ccccc2)C(=O)NC2CCCCC2)cc1. The quantitative estimate of drug-likeness (QED) is 0.322. The van der Waals surface area contributed by atoms with Crippen LogP contribution in [0, 0.1) is 6.92 Å². The van der Waals surface area contributed by atoms with Crippen molar-refractivity contribution in [3.8, 4) is 0 Å². The zero-order chi connectivity index (χ0) is 26.2. The highest BCUT2D eigenvalue weighted by Crippen LogP contribution is 2.24. The van der Waals surface area contributed by atoms with Gasteiger partial charge in [-0.25, -0.2) is 0 Å². The number of rotatable bonds is 9. The zero-order valence-corrected chi connectivity index (χ0v) is 22.8. The van der Waals surface area contributed by atoms with Gasteiger partial charge in [-0.05, 0) is 48.6 Å². The Balaban J connectivity index is 1.65. The second-order valence-electron chi connectivity index (χ2n) is 9.98. The first-order chi connectivity index (χ1) is 17.9. The van der Waals surface area contributed by atoms with Crippen LogP contribution < -0.4 is 5.32 Å². The predicted octanol–water partition coefficient (Wildman–Crippen LogP) is 6.93. The lowest BCUT2D eigenvalue weighted by Gasteiger charge is -2.33. The van der Waals surface area contributed by atoms with Crippen molar-refractivity contribution in [3.63, 3.8) is 0 Å². The number of halogens is 2. The summed E-state index contributed by atoms with van der Waals surface area (Å²) in [4.78, 5) is 29.4. The van der Waals surface area contributed by atoms with E-state index in [9.17, 15) is 9.59 Å². The number of nitrogens with zero attached hydrogens (tertiary/aromatic N) is 1. The third kappa shape index (κ3) is 7.83. The fourth-order valence-electron chi connectivity index (χ4n) is 4.91. The number of hydrogen-bond donors (Lipinski definition) is 1. The maximum absolute atomic E-state index is 13.9. The number of carbonyl (C=O) groups excluding carboxylic acids is 2. The number of benzene rings is 3. The van der Waals surface area contributed by atoms with E-state index in [2.05, 4.69) is 5.32 Å². The van der Waals surface area contributed by atoms with Crippen LogP contribution in [-0.2, 0) is 29.0 Å². The maximum Gasteiger partial charge on any atom is 0.243 e. The molecule has 3 aromatic rings. The molecule has 1 aliphatic rings. The summed E-state index contributed by atoms with van der Waals surface area (Å²) in [6.07, 6.45) is 6.00. The van der Waals surface area contributed by atoms with Crippen LogP contribution in [0.25, 0.3) is 0 Å². The van der Waals surface area contributed by atoms with Gasteiger partial charge in [0.15, 0.2) is 0 Å². The number of aryl methyl sites for hydroxylation is 1. The third-order valence-corrected chi connectivity index (χ3v) is 7.77. The van der Waals surface area contributed by atoms with Gasteiger partial charge in [0.1, 0.15) is 6.04 Å². The monoisotopic (exact) mass is 536 g/mol. The molecule has 6 heteroatoms. The number of amides is 2. The molecule has 0 aromatic heterocycles. The lowest BCUT2D eigenvalue weighted by molar-refractivity contribution is -0.141. The molecular formula is C31H34Cl2N2O2. The van der Waals surface area contributed by atoms with Crippen molar-refractivity contribution in [1.82, 2.24) is 10.2 Å². The van der Waals surface area contributed by atoms with Crippen molar-refractivity contribution >= 4 is 35.0 Å². The Kier molecular flexibility index (Phi) is 9.65. The predicted molar refractivity (Wildman–Crippen MR) is 151 cm³/mol. The summed E-state index contributed by atoms with van der Waals surface area (Å²) < 4.78 is 0. The Hall–Kier alpha value is -2.82. The van der Waals surface area contributed by atoms with Crippen LogP contribution in [0.4, 0.5) is 0 Å². The Bertz CT molecular complexity index is 1190. The van der Waals surface area contributed by atoms with Crippen LogP contribution in [0.1, 0.15) is 54.4 Å². The van der Waals surface area contributed by atoms with E-state index in [0.717, 1.165) is 47.9 Å². The van der Waals surface area contributed by atoms with Crippen molar-refractivity contribution in [1.29, 1.82) is 0 Å². The Morgan fingerprint density at radius 2 is 1.54 bits per heavy atom. The molecule has 2 amide bonds. The van der Waals surface area contributed by atoms with Crippen LogP contribution >= 0.6 is 23.2 Å². The minimum absolute atomic E-state index is 0.0923. The molecule has 1 saturated carbocycles. The van der Waals surface area contributed by atoms with Crippen LogP contribution in [0.2, 0.25) is 10.0 Å². The molecular weight excluding hydrogens is 503 g/mol. The lowest BCUT2D eigenvalue weighted by Crippen LogP contribution is -2.53. The largest absolute Gasteiger partial charge is 0.352 e. The van der Waals surface area contributed by atoms with E-state index >= 15 is 0 Å². The zero-order valence-electron chi connectivity index (χ0n) is 21.3. The average molecular weight is 538 g/mol. The van der Waals surface area contributed by atoms with Gasteiger partial charge in [0.2, 0.25) is 11.8 Å². The molecule has 4 nitrogen and oxygen atoms in total. The lowest BCUT2D eigenvalue weighted by atomic mass is 9.94. The van der Waals surface area contributed by atoms with Gasteiger partial charge in [-0.15, -0.1) is 0 Å². The van der Waals surface area contributed by atoms with E-state index in [1.165, 1.54) is 6.42 Å². The molecule has 0 bridgehead atoms. The van der Waals surface area contributed by atoms with Gasteiger partial charge in [-0.1, -0.05) is 109 Å². The molecule has 0 spiro atoms. The molecule has 1 unspecified atom stereocenters. The first-order valence-corrected chi connectivity index (χ1v) is 13.8. The van der Waals surface area contributed by atoms with Crippen LogP contribution in [0.15, 0.2) is 72.8 Å². The minimum Gasteiger partial charge on any atom is -0.352 e. The summed E-state index contributed by atoms with van der Waals surface area (Å²) in [5, 5.41) is 4.14. The molecule has 0 heterocycles. The smallest absolute Gasteiger partial charge is 0.243 e. The number of hydrogen-bond acceptors (Lipinski definition) is 2. The van der Waals surface area contributed by atoms with Crippen LogP contribution in [-0.4, -0.2) is 28.8 Å². The summed E-state index contributed by atoms with van der Waals surface area (Å²) in [7, 11) is 0. The highest BCUT2D eigenvalue weighted by Gasteiger charge is 2.32. The fraction of sp³-hybridized carbons (Fsp3) is 0.355. The normalized spacial score (nSPS) is 14.7. The Morgan fingerprint density at radius 1 is 0.865 bits per heavy atom. The van der Waals surface area contributed by atoms with Crippen molar-refractivity contribution < 1.29 is 9.59 Å². The van der Waals surface area contributed by atoms with Gasteiger partial charge in [-0.2, -0.15) is 0 Å². The summed E-state index contributed by atoms with van der Waals surface area (Å²) in [5.74, 6) is -0.218. The van der Waals surface area contributed by atoms with Gasteiger partial charge in [0, 0.05) is 19.0 Å². The number of carbonyl (C=O) groups is 2. The standard InChI is InChI=1S/C31H34Cl2N2O2/c1-22-12-14-24(15-13-22)21-35(30(36)20-25-16-17-27(32)28(33)18-25)29(19-23-8-4-2-5-9-23)31(37)34-26-10-6-3-7-11-26/h2,4-5,8-9,12-18,26,29H,3,6-7,10-11,19-21H2,1H3,(H,34,37). The van der Waals surface area contributed by atoms with E-state index < -0.39 is 6.04 Å². The second-order valence-corrected chi connectivity index (χ2v) is 10.8. The highest BCUT2D eigenvalue weighted by molar-refractivity contribution is 6.42. The Morgan fingerprint density at radius 3 is 2.22 bits per heavy atom. The molecule has 0 saturated heterocycles. The summed E-state index contributed by atoms with van der Waals surface area (Å²) >= 11 is 12.3. The highest BCUT2D eigenvalue weighted by atomic mass is 35.5. The molecule has 1 aliphatic carbocycles. The topological polar surface area (TPSA) is 49.4 Å². The average Bonchev–Trinajstić information content (AvgIpc) is 2.90. The van der Waals surface area contributed by atoms with E-state index in [0.29, 0.717) is 23.0 Å². The van der Waals surface area contributed by atoms with Crippen LogP contribution in [0.3, 0.4) is 0 Å². The molecule has 0 radical (unpaired) electrons. The summed E-state index contributed by atoms with van der Waals surface area (Å²) in [5.41, 5.74) is 3.91. The van der Waals surface area contributed by atoms with E-state index in [-0.39, 0.29) is 24.3 Å². The van der Waals surface area contributed by atoms with Crippen LogP contribution in [0.5, 0.6) is 0 Å². The molecule has 3 aromatic carbocycles. The molecule has 1 atom stereocenters. The summed E-state index contributed by atoms with van der Waals surface area (Å²) in [6, 6.07) is 22.8. The van der Waals surface area contributed by atoms with Crippen molar-refractivity contribution in [2.45, 2.75) is 70.5 Å². The van der Waals surface area contributed by atoms with Crippen molar-refractivity contribution in [2.75, 3.05) is 0 Å². The molecule has 1 fully saturated rings.